The number of aromatic nitrogens is 3. The number of rotatable bonds is 9. The van der Waals surface area contributed by atoms with Gasteiger partial charge in [0.1, 0.15) is 0 Å². The fraction of sp³-hybridized carbons (Fsp3) is 0.222. The number of halogens is 2. The molecule has 39 heavy (non-hydrogen) atoms. The Morgan fingerprint density at radius 3 is 2.46 bits per heavy atom. The predicted molar refractivity (Wildman–Crippen MR) is 154 cm³/mol. The highest BCUT2D eigenvalue weighted by atomic mass is 35.5. The van der Waals surface area contributed by atoms with Crippen molar-refractivity contribution in [1.82, 2.24) is 24.4 Å². The molecule has 2 heterocycles. The van der Waals surface area contributed by atoms with Crippen molar-refractivity contribution >= 4 is 50.9 Å². The Morgan fingerprint density at radius 1 is 0.949 bits per heavy atom. The Bertz CT molecular complexity index is 1590. The zero-order valence-electron chi connectivity index (χ0n) is 20.8. The van der Waals surface area contributed by atoms with Gasteiger partial charge in [-0.25, -0.2) is 8.42 Å². The number of benzene rings is 3. The number of carbonyl (C=O) groups excluding carboxylic acids is 1. The lowest BCUT2D eigenvalue weighted by molar-refractivity contribution is -0.118. The Hall–Kier alpha value is -2.89. The van der Waals surface area contributed by atoms with Crippen LogP contribution in [0.2, 0.25) is 10.0 Å². The molecule has 1 aliphatic rings. The van der Waals surface area contributed by atoms with Crippen molar-refractivity contribution in [1.29, 1.82) is 0 Å². The summed E-state index contributed by atoms with van der Waals surface area (Å²) in [4.78, 5) is 12.9. The smallest absolute Gasteiger partial charge is 0.243 e. The summed E-state index contributed by atoms with van der Waals surface area (Å²) in [5, 5.41) is 13.1. The highest BCUT2D eigenvalue weighted by Crippen LogP contribution is 2.30. The summed E-state index contributed by atoms with van der Waals surface area (Å²) in [5.74, 6) is 0.379. The van der Waals surface area contributed by atoms with E-state index in [1.54, 1.807) is 36.4 Å². The minimum atomic E-state index is -3.60. The first-order chi connectivity index (χ1) is 18.8. The van der Waals surface area contributed by atoms with Crippen LogP contribution in [0.3, 0.4) is 0 Å². The number of nitrogens with zero attached hydrogens (tertiary/aromatic N) is 4. The lowest BCUT2D eigenvalue weighted by Gasteiger charge is -2.16. The van der Waals surface area contributed by atoms with E-state index in [9.17, 15) is 13.2 Å². The summed E-state index contributed by atoms with van der Waals surface area (Å²) >= 11 is 13.4. The molecule has 1 fully saturated rings. The molecule has 1 saturated heterocycles. The van der Waals surface area contributed by atoms with Crippen LogP contribution in [0.5, 0.6) is 0 Å². The highest BCUT2D eigenvalue weighted by molar-refractivity contribution is 7.99. The normalized spacial score (nSPS) is 14.0. The lowest BCUT2D eigenvalue weighted by Crippen LogP contribution is -2.27. The van der Waals surface area contributed by atoms with Gasteiger partial charge in [0.2, 0.25) is 15.9 Å². The molecule has 4 aromatic rings. The van der Waals surface area contributed by atoms with Crippen LogP contribution in [0.25, 0.3) is 17.1 Å². The Balaban J connectivity index is 1.38. The van der Waals surface area contributed by atoms with Gasteiger partial charge >= 0.3 is 0 Å². The van der Waals surface area contributed by atoms with Gasteiger partial charge in [-0.05, 0) is 54.8 Å². The molecule has 0 saturated carbocycles. The van der Waals surface area contributed by atoms with Gasteiger partial charge in [0, 0.05) is 40.9 Å². The molecule has 0 atom stereocenters. The Morgan fingerprint density at radius 2 is 1.72 bits per heavy atom. The van der Waals surface area contributed by atoms with E-state index < -0.39 is 10.0 Å². The van der Waals surface area contributed by atoms with Crippen LogP contribution in [0.15, 0.2) is 82.8 Å². The Kier molecular flexibility index (Phi) is 8.58. The molecule has 1 aliphatic heterocycles. The van der Waals surface area contributed by atoms with Crippen molar-refractivity contribution < 1.29 is 13.2 Å². The Labute approximate surface area is 241 Å². The summed E-state index contributed by atoms with van der Waals surface area (Å²) < 4.78 is 29.7. The number of thioether (sulfide) groups is 1. The first kappa shape index (κ1) is 27.7. The van der Waals surface area contributed by atoms with Gasteiger partial charge in [0.05, 0.1) is 10.6 Å². The maximum absolute atomic E-state index is 13.2. The molecule has 8 nitrogen and oxygen atoms in total. The second kappa shape index (κ2) is 12.1. The lowest BCUT2D eigenvalue weighted by atomic mass is 10.2. The molecular formula is C27H25Cl2N5O3S2. The number of hydrogen-bond acceptors (Lipinski definition) is 6. The van der Waals surface area contributed by atoms with Crippen molar-refractivity contribution in [3.05, 3.63) is 88.4 Å². The molecule has 12 heteroatoms. The van der Waals surface area contributed by atoms with E-state index in [-0.39, 0.29) is 23.1 Å². The number of sulfonamides is 1. The average molecular weight is 603 g/mol. The zero-order valence-corrected chi connectivity index (χ0v) is 23.9. The third kappa shape index (κ3) is 6.31. The van der Waals surface area contributed by atoms with E-state index in [0.29, 0.717) is 39.7 Å². The summed E-state index contributed by atoms with van der Waals surface area (Å²) in [7, 11) is -3.60. The maximum atomic E-state index is 13.2. The molecular weight excluding hydrogens is 577 g/mol. The summed E-state index contributed by atoms with van der Waals surface area (Å²) in [6, 6.07) is 21.4. The number of para-hydroxylation sites is 1. The molecule has 0 unspecified atom stereocenters. The van der Waals surface area contributed by atoms with Crippen LogP contribution in [-0.2, 0) is 21.4 Å². The quantitative estimate of drug-likeness (QED) is 0.257. The van der Waals surface area contributed by atoms with Gasteiger partial charge in [-0.2, -0.15) is 4.31 Å². The molecule has 1 amide bonds. The maximum Gasteiger partial charge on any atom is 0.243 e. The second-order valence-electron chi connectivity index (χ2n) is 8.92. The van der Waals surface area contributed by atoms with Gasteiger partial charge in [-0.15, -0.1) is 10.2 Å². The highest BCUT2D eigenvalue weighted by Gasteiger charge is 2.28. The molecule has 0 radical (unpaired) electrons. The van der Waals surface area contributed by atoms with Gasteiger partial charge in [0.15, 0.2) is 11.0 Å². The van der Waals surface area contributed by atoms with Gasteiger partial charge in [-0.1, -0.05) is 71.4 Å². The van der Waals surface area contributed by atoms with E-state index in [2.05, 4.69) is 15.5 Å². The monoisotopic (exact) mass is 601 g/mol. The minimum Gasteiger partial charge on any atom is -0.351 e. The molecule has 1 N–H and O–H groups in total. The van der Waals surface area contributed by atoms with E-state index in [1.807, 2.05) is 41.0 Å². The fourth-order valence-electron chi connectivity index (χ4n) is 4.27. The van der Waals surface area contributed by atoms with E-state index >= 15 is 0 Å². The van der Waals surface area contributed by atoms with E-state index in [1.165, 1.54) is 16.1 Å². The largest absolute Gasteiger partial charge is 0.351 e. The number of nitrogens with one attached hydrogen (secondary N) is 1. The van der Waals surface area contributed by atoms with Crippen LogP contribution in [-0.4, -0.2) is 52.2 Å². The SMILES string of the molecule is O=C(CSc1nnc(-c2cccc(S(=O)(=O)N3CCCC3)c2)n1-c1ccccc1)NCc1ccc(Cl)cc1Cl. The topological polar surface area (TPSA) is 97.2 Å². The van der Waals surface area contributed by atoms with Crippen molar-refractivity contribution in [2.45, 2.75) is 29.4 Å². The van der Waals surface area contributed by atoms with Crippen LogP contribution < -0.4 is 5.32 Å². The van der Waals surface area contributed by atoms with Crippen molar-refractivity contribution in [3.63, 3.8) is 0 Å². The van der Waals surface area contributed by atoms with E-state index in [4.69, 9.17) is 23.2 Å². The second-order valence-corrected chi connectivity index (χ2v) is 12.6. The third-order valence-corrected chi connectivity index (χ3v) is 9.68. The van der Waals surface area contributed by atoms with Crippen LogP contribution >= 0.6 is 35.0 Å². The van der Waals surface area contributed by atoms with Crippen molar-refractivity contribution in [2.75, 3.05) is 18.8 Å². The zero-order chi connectivity index (χ0) is 27.4. The predicted octanol–water partition coefficient (Wildman–Crippen LogP) is 5.43. The fourth-order valence-corrected chi connectivity index (χ4v) is 7.09. The standard InChI is InChI=1S/C27H25Cl2N5O3S2/c28-21-12-11-20(24(29)16-21)17-30-25(35)18-38-27-32-31-26(34(27)22-8-2-1-3-9-22)19-7-6-10-23(15-19)39(36,37)33-13-4-5-14-33/h1-3,6-12,15-16H,4-5,13-14,17-18H2,(H,30,35). The first-order valence-corrected chi connectivity index (χ1v) is 15.5. The summed E-state index contributed by atoms with van der Waals surface area (Å²) in [5.41, 5.74) is 2.17. The molecule has 202 valence electrons. The van der Waals surface area contributed by atoms with Crippen molar-refractivity contribution in [2.24, 2.45) is 0 Å². The molecule has 0 spiro atoms. The number of carbonyl (C=O) groups is 1. The van der Waals surface area contributed by atoms with Gasteiger partial charge < -0.3 is 5.32 Å². The molecule has 5 rings (SSSR count). The van der Waals surface area contributed by atoms with Crippen LogP contribution in [0.4, 0.5) is 0 Å². The summed E-state index contributed by atoms with van der Waals surface area (Å²) in [6.07, 6.45) is 1.73. The van der Waals surface area contributed by atoms with Crippen molar-refractivity contribution in [3.8, 4) is 17.1 Å². The average Bonchev–Trinajstić information content (AvgIpc) is 3.63. The third-order valence-electron chi connectivity index (χ3n) is 6.27. The number of amides is 1. The minimum absolute atomic E-state index is 0.0968. The van der Waals surface area contributed by atoms with Crippen LogP contribution in [0.1, 0.15) is 18.4 Å². The van der Waals surface area contributed by atoms with Gasteiger partial charge in [-0.3, -0.25) is 9.36 Å². The number of hydrogen-bond donors (Lipinski definition) is 1. The molecule has 0 aliphatic carbocycles. The molecule has 1 aromatic heterocycles. The van der Waals surface area contributed by atoms with E-state index in [0.717, 1.165) is 24.1 Å². The molecule has 0 bridgehead atoms. The first-order valence-electron chi connectivity index (χ1n) is 12.3. The van der Waals surface area contributed by atoms with Gasteiger partial charge in [0.25, 0.3) is 0 Å². The molecule has 3 aromatic carbocycles. The summed E-state index contributed by atoms with van der Waals surface area (Å²) in [6.45, 7) is 1.32. The van der Waals surface area contributed by atoms with Crippen LogP contribution in [0, 0.1) is 0 Å².